The number of Topliss-reactive ketones (excluding diaryl/α,β-unsaturated/α-hetero) is 1. The van der Waals surface area contributed by atoms with Crippen LogP contribution in [0.3, 0.4) is 0 Å². The number of nitrogens with zero attached hydrogens (tertiary/aromatic N) is 2. The predicted octanol–water partition coefficient (Wildman–Crippen LogP) is 1.26. The average Bonchev–Trinajstić information content (AvgIpc) is 2.42. The number of ether oxygens (including phenoxy) is 1. The normalized spacial score (nSPS) is 16.1. The number of carbonyl (C=O) groups excluding carboxylic acids is 1. The molecule has 1 aromatic rings. The molecule has 1 aliphatic heterocycles. The van der Waals surface area contributed by atoms with Crippen molar-refractivity contribution in [2.24, 2.45) is 7.05 Å². The van der Waals surface area contributed by atoms with Gasteiger partial charge in [0.25, 0.3) is 0 Å². The van der Waals surface area contributed by atoms with Crippen LogP contribution < -0.4 is 0 Å². The highest BCUT2D eigenvalue weighted by molar-refractivity contribution is 6.00. The molecule has 0 bridgehead atoms. The summed E-state index contributed by atoms with van der Waals surface area (Å²) < 4.78 is 6.92. The van der Waals surface area contributed by atoms with Crippen molar-refractivity contribution in [2.45, 2.75) is 26.4 Å². The van der Waals surface area contributed by atoms with Crippen molar-refractivity contribution in [3.63, 3.8) is 0 Å². The van der Waals surface area contributed by atoms with Crippen molar-refractivity contribution in [2.75, 3.05) is 6.61 Å². The molecule has 0 saturated heterocycles. The van der Waals surface area contributed by atoms with Crippen LogP contribution in [-0.4, -0.2) is 22.2 Å². The quantitative estimate of drug-likeness (QED) is 0.676. The molecule has 4 heteroatoms. The minimum absolute atomic E-state index is 0.0584. The van der Waals surface area contributed by atoms with E-state index in [1.54, 1.807) is 4.68 Å². The summed E-state index contributed by atoms with van der Waals surface area (Å²) in [6.45, 7) is 4.79. The van der Waals surface area contributed by atoms with Gasteiger partial charge in [-0.05, 0) is 5.92 Å². The summed E-state index contributed by atoms with van der Waals surface area (Å²) in [4.78, 5) is 11.6. The van der Waals surface area contributed by atoms with Gasteiger partial charge in [-0.15, -0.1) is 0 Å². The third kappa shape index (κ3) is 1.26. The molecule has 0 atom stereocenters. The van der Waals surface area contributed by atoms with E-state index in [4.69, 9.17) is 4.74 Å². The van der Waals surface area contributed by atoms with Gasteiger partial charge in [0.05, 0.1) is 23.6 Å². The molecule has 14 heavy (non-hydrogen) atoms. The molecular weight excluding hydrogens is 180 g/mol. The van der Waals surface area contributed by atoms with E-state index in [-0.39, 0.29) is 12.4 Å². The van der Waals surface area contributed by atoms with E-state index in [2.05, 4.69) is 18.9 Å². The van der Waals surface area contributed by atoms with Crippen molar-refractivity contribution in [1.82, 2.24) is 9.78 Å². The first-order chi connectivity index (χ1) is 6.61. The highest BCUT2D eigenvalue weighted by Gasteiger charge is 2.27. The number of rotatable bonds is 1. The van der Waals surface area contributed by atoms with Gasteiger partial charge >= 0.3 is 0 Å². The first-order valence-corrected chi connectivity index (χ1v) is 4.78. The summed E-state index contributed by atoms with van der Waals surface area (Å²) in [7, 11) is 1.88. The van der Waals surface area contributed by atoms with Crippen LogP contribution in [0.5, 0.6) is 0 Å². The number of carbonyl (C=O) groups is 1. The van der Waals surface area contributed by atoms with E-state index in [0.717, 1.165) is 17.0 Å². The number of aryl methyl sites for hydroxylation is 1. The van der Waals surface area contributed by atoms with Gasteiger partial charge in [0.2, 0.25) is 0 Å². The fraction of sp³-hybridized carbons (Fsp3) is 0.600. The van der Waals surface area contributed by atoms with Gasteiger partial charge in [0.15, 0.2) is 5.78 Å². The second-order valence-corrected chi connectivity index (χ2v) is 3.90. The number of aromatic nitrogens is 2. The molecule has 2 rings (SSSR count). The molecule has 1 aromatic heterocycles. The third-order valence-electron chi connectivity index (χ3n) is 2.46. The lowest BCUT2D eigenvalue weighted by atomic mass is 9.99. The van der Waals surface area contributed by atoms with Gasteiger partial charge < -0.3 is 4.74 Å². The Balaban J connectivity index is 2.59. The van der Waals surface area contributed by atoms with Crippen molar-refractivity contribution < 1.29 is 9.53 Å². The van der Waals surface area contributed by atoms with Crippen LogP contribution >= 0.6 is 0 Å². The SMILES string of the molecule is CC(C)c1c2c(nn1C)COCC2=O. The Morgan fingerprint density at radius 3 is 2.79 bits per heavy atom. The Morgan fingerprint density at radius 1 is 1.43 bits per heavy atom. The fourth-order valence-electron chi connectivity index (χ4n) is 1.97. The van der Waals surface area contributed by atoms with Gasteiger partial charge in [-0.25, -0.2) is 0 Å². The molecule has 0 fully saturated rings. The maximum absolute atomic E-state index is 11.6. The second-order valence-electron chi connectivity index (χ2n) is 3.90. The number of fused-ring (bicyclic) bond motifs is 1. The van der Waals surface area contributed by atoms with E-state index in [0.29, 0.717) is 12.5 Å². The van der Waals surface area contributed by atoms with E-state index in [1.807, 2.05) is 7.05 Å². The largest absolute Gasteiger partial charge is 0.367 e. The number of hydrogen-bond acceptors (Lipinski definition) is 3. The van der Waals surface area contributed by atoms with Crippen LogP contribution in [-0.2, 0) is 18.4 Å². The van der Waals surface area contributed by atoms with Gasteiger partial charge in [-0.1, -0.05) is 13.8 Å². The second kappa shape index (κ2) is 3.20. The summed E-state index contributed by atoms with van der Waals surface area (Å²) in [6.07, 6.45) is 0. The smallest absolute Gasteiger partial charge is 0.192 e. The van der Waals surface area contributed by atoms with Gasteiger partial charge in [-0.2, -0.15) is 5.10 Å². The van der Waals surface area contributed by atoms with Gasteiger partial charge in [0, 0.05) is 7.05 Å². The Morgan fingerprint density at radius 2 is 2.14 bits per heavy atom. The van der Waals surface area contributed by atoms with Crippen molar-refractivity contribution in [3.8, 4) is 0 Å². The van der Waals surface area contributed by atoms with E-state index in [1.165, 1.54) is 0 Å². The van der Waals surface area contributed by atoms with Crippen molar-refractivity contribution >= 4 is 5.78 Å². The van der Waals surface area contributed by atoms with Crippen LogP contribution in [0.1, 0.15) is 41.5 Å². The summed E-state index contributed by atoms with van der Waals surface area (Å²) in [5, 5.41) is 4.29. The molecule has 0 saturated carbocycles. The first-order valence-electron chi connectivity index (χ1n) is 4.78. The Hall–Kier alpha value is -1.16. The Kier molecular flexibility index (Phi) is 2.15. The summed E-state index contributed by atoms with van der Waals surface area (Å²) in [5.74, 6) is 0.376. The maximum Gasteiger partial charge on any atom is 0.192 e. The molecule has 0 aliphatic carbocycles. The van der Waals surface area contributed by atoms with Crippen LogP contribution in [0, 0.1) is 0 Å². The Labute approximate surface area is 82.9 Å². The van der Waals surface area contributed by atoms with Gasteiger partial charge in [-0.3, -0.25) is 9.48 Å². The minimum Gasteiger partial charge on any atom is -0.367 e. The Bertz CT molecular complexity index is 380. The average molecular weight is 194 g/mol. The molecule has 0 spiro atoms. The van der Waals surface area contributed by atoms with Crippen LogP contribution in [0.4, 0.5) is 0 Å². The molecule has 0 N–H and O–H groups in total. The molecule has 76 valence electrons. The van der Waals surface area contributed by atoms with Crippen LogP contribution in [0.15, 0.2) is 0 Å². The summed E-state index contributed by atoms with van der Waals surface area (Å²) >= 11 is 0. The molecule has 0 radical (unpaired) electrons. The predicted molar refractivity (Wildman–Crippen MR) is 51.3 cm³/mol. The van der Waals surface area contributed by atoms with Crippen LogP contribution in [0.2, 0.25) is 0 Å². The zero-order chi connectivity index (χ0) is 10.3. The highest BCUT2D eigenvalue weighted by atomic mass is 16.5. The standard InChI is InChI=1S/C10H14N2O2/c1-6(2)10-9-7(11-12(10)3)4-14-5-8(9)13/h6H,4-5H2,1-3H3. The van der Waals surface area contributed by atoms with E-state index >= 15 is 0 Å². The lowest BCUT2D eigenvalue weighted by Crippen LogP contribution is -2.18. The van der Waals surface area contributed by atoms with Crippen LogP contribution in [0.25, 0.3) is 0 Å². The lowest BCUT2D eigenvalue weighted by molar-refractivity contribution is 0.0657. The molecule has 0 aromatic carbocycles. The molecule has 1 aliphatic rings. The summed E-state index contributed by atoms with van der Waals surface area (Å²) in [5.41, 5.74) is 2.59. The minimum atomic E-state index is 0.0584. The fourth-order valence-corrected chi connectivity index (χ4v) is 1.97. The monoisotopic (exact) mass is 194 g/mol. The zero-order valence-electron chi connectivity index (χ0n) is 8.70. The van der Waals surface area contributed by atoms with Crippen molar-refractivity contribution in [3.05, 3.63) is 17.0 Å². The molecule has 2 heterocycles. The first kappa shape index (κ1) is 9.40. The molecule has 0 amide bonds. The molecular formula is C10H14N2O2. The summed E-state index contributed by atoms with van der Waals surface area (Å²) in [6, 6.07) is 0. The number of hydrogen-bond donors (Lipinski definition) is 0. The third-order valence-corrected chi connectivity index (χ3v) is 2.46. The maximum atomic E-state index is 11.6. The number of ketones is 1. The van der Waals surface area contributed by atoms with Gasteiger partial charge in [0.1, 0.15) is 6.61 Å². The molecule has 0 unspecified atom stereocenters. The zero-order valence-corrected chi connectivity index (χ0v) is 8.70. The van der Waals surface area contributed by atoms with E-state index in [9.17, 15) is 4.79 Å². The lowest BCUT2D eigenvalue weighted by Gasteiger charge is -2.12. The molecule has 4 nitrogen and oxygen atoms in total. The van der Waals surface area contributed by atoms with E-state index < -0.39 is 0 Å². The highest BCUT2D eigenvalue weighted by Crippen LogP contribution is 2.25. The van der Waals surface area contributed by atoms with Crippen molar-refractivity contribution in [1.29, 1.82) is 0 Å². The topological polar surface area (TPSA) is 44.1 Å².